The van der Waals surface area contributed by atoms with Gasteiger partial charge in [0, 0.05) is 55.9 Å². The summed E-state index contributed by atoms with van der Waals surface area (Å²) >= 11 is 0. The van der Waals surface area contributed by atoms with E-state index in [0.29, 0.717) is 13.0 Å². The molecule has 1 aliphatic heterocycles. The lowest BCUT2D eigenvalue weighted by Gasteiger charge is -2.16. The number of anilines is 1. The van der Waals surface area contributed by atoms with Gasteiger partial charge in [0.1, 0.15) is 11.3 Å². The number of hydrogen-bond acceptors (Lipinski definition) is 4. The highest BCUT2D eigenvalue weighted by molar-refractivity contribution is 5.95. The first-order chi connectivity index (χ1) is 14.7. The van der Waals surface area contributed by atoms with Gasteiger partial charge in [0.25, 0.3) is 0 Å². The van der Waals surface area contributed by atoms with Crippen molar-refractivity contribution in [1.29, 1.82) is 0 Å². The Morgan fingerprint density at radius 1 is 1.10 bits per heavy atom. The first-order valence-corrected chi connectivity index (χ1v) is 10.3. The molecule has 0 unspecified atom stereocenters. The number of nitrogens with one attached hydrogen (secondary N) is 1. The molecule has 6 heteroatoms. The van der Waals surface area contributed by atoms with Crippen molar-refractivity contribution in [3.8, 4) is 11.5 Å². The van der Waals surface area contributed by atoms with Crippen LogP contribution in [0.5, 0.6) is 0 Å². The Kier molecular flexibility index (Phi) is 4.85. The Hall–Kier alpha value is -3.38. The molecule has 4 aromatic rings. The fraction of sp³-hybridized carbons (Fsp3) is 0.250. The van der Waals surface area contributed by atoms with E-state index >= 15 is 0 Å². The smallest absolute Gasteiger partial charge is 0.227 e. The lowest BCUT2D eigenvalue weighted by molar-refractivity contribution is -0.117. The Balaban J connectivity index is 1.26. The van der Waals surface area contributed by atoms with Crippen molar-refractivity contribution in [1.82, 2.24) is 15.1 Å². The van der Waals surface area contributed by atoms with Crippen molar-refractivity contribution in [2.45, 2.75) is 25.9 Å². The molecule has 1 aliphatic rings. The van der Waals surface area contributed by atoms with Crippen LogP contribution >= 0.6 is 0 Å². The van der Waals surface area contributed by atoms with Gasteiger partial charge in [0.05, 0.1) is 0 Å². The van der Waals surface area contributed by atoms with Gasteiger partial charge in [-0.3, -0.25) is 9.48 Å². The lowest BCUT2D eigenvalue weighted by Crippen LogP contribution is -2.23. The average Bonchev–Trinajstić information content (AvgIpc) is 3.46. The Labute approximate surface area is 175 Å². The van der Waals surface area contributed by atoms with E-state index in [-0.39, 0.29) is 5.91 Å². The number of rotatable bonds is 6. The van der Waals surface area contributed by atoms with Crippen molar-refractivity contribution in [2.75, 3.05) is 11.4 Å². The zero-order valence-electron chi connectivity index (χ0n) is 17.0. The second-order valence-corrected chi connectivity index (χ2v) is 7.74. The number of aromatic nitrogens is 2. The largest absolute Gasteiger partial charge is 0.454 e. The molecule has 2 aromatic heterocycles. The summed E-state index contributed by atoms with van der Waals surface area (Å²) in [4.78, 5) is 13.8. The van der Waals surface area contributed by atoms with Crippen LogP contribution in [0.1, 0.15) is 24.0 Å². The number of fused-ring (bicyclic) bond motifs is 1. The van der Waals surface area contributed by atoms with Crippen molar-refractivity contribution in [2.24, 2.45) is 7.05 Å². The van der Waals surface area contributed by atoms with Crippen LogP contribution in [0.15, 0.2) is 65.2 Å². The first kappa shape index (κ1) is 18.6. The van der Waals surface area contributed by atoms with E-state index in [0.717, 1.165) is 53.2 Å². The molecule has 1 amide bonds. The third kappa shape index (κ3) is 3.62. The van der Waals surface area contributed by atoms with Gasteiger partial charge >= 0.3 is 0 Å². The molecule has 1 N–H and O–H groups in total. The van der Waals surface area contributed by atoms with E-state index in [1.807, 2.05) is 65.3 Å². The SMILES string of the molecule is Cn1cc(CNCc2ccc(N3CCCC3=O)cc2)c(-c2cc3ccccc3o2)n1. The molecule has 2 aromatic carbocycles. The number of amides is 1. The van der Waals surface area contributed by atoms with Gasteiger partial charge < -0.3 is 14.6 Å². The standard InChI is InChI=1S/C24H24N4O2/c1-27-16-19(24(26-27)22-13-18-5-2-3-6-21(18)30-22)15-25-14-17-8-10-20(11-9-17)28-12-4-7-23(28)29/h2-3,5-6,8-11,13,16,25H,4,7,12,14-15H2,1H3. The Morgan fingerprint density at radius 2 is 1.93 bits per heavy atom. The van der Waals surface area contributed by atoms with Crippen LogP contribution in [0.3, 0.4) is 0 Å². The zero-order valence-corrected chi connectivity index (χ0v) is 17.0. The van der Waals surface area contributed by atoms with Crippen LogP contribution in [-0.2, 0) is 24.9 Å². The van der Waals surface area contributed by atoms with Crippen LogP contribution in [0.25, 0.3) is 22.4 Å². The highest BCUT2D eigenvalue weighted by atomic mass is 16.3. The van der Waals surface area contributed by atoms with Crippen LogP contribution < -0.4 is 10.2 Å². The van der Waals surface area contributed by atoms with E-state index in [1.54, 1.807) is 0 Å². The predicted octanol–water partition coefficient (Wildman–Crippen LogP) is 4.25. The maximum atomic E-state index is 11.9. The number of aryl methyl sites for hydroxylation is 1. The third-order valence-corrected chi connectivity index (χ3v) is 5.53. The fourth-order valence-electron chi connectivity index (χ4n) is 4.03. The molecule has 152 valence electrons. The molecular formula is C24H24N4O2. The molecule has 5 rings (SSSR count). The van der Waals surface area contributed by atoms with E-state index < -0.39 is 0 Å². The second kappa shape index (κ2) is 7.80. The summed E-state index contributed by atoms with van der Waals surface area (Å²) in [5.74, 6) is 1.00. The molecule has 0 aliphatic carbocycles. The van der Waals surface area contributed by atoms with Crippen LogP contribution in [0.4, 0.5) is 5.69 Å². The topological polar surface area (TPSA) is 63.3 Å². The predicted molar refractivity (Wildman–Crippen MR) is 117 cm³/mol. The van der Waals surface area contributed by atoms with Crippen molar-refractivity contribution in [3.05, 3.63) is 71.9 Å². The molecule has 30 heavy (non-hydrogen) atoms. The van der Waals surface area contributed by atoms with E-state index in [9.17, 15) is 4.79 Å². The van der Waals surface area contributed by atoms with Crippen LogP contribution in [0, 0.1) is 0 Å². The Bertz CT molecular complexity index is 1160. The average molecular weight is 400 g/mol. The first-order valence-electron chi connectivity index (χ1n) is 10.3. The minimum absolute atomic E-state index is 0.218. The maximum Gasteiger partial charge on any atom is 0.227 e. The summed E-state index contributed by atoms with van der Waals surface area (Å²) in [6.45, 7) is 2.25. The van der Waals surface area contributed by atoms with Crippen molar-refractivity contribution < 1.29 is 9.21 Å². The number of carbonyl (C=O) groups is 1. The molecule has 0 saturated carbocycles. The molecule has 0 atom stereocenters. The number of furan rings is 1. The molecule has 3 heterocycles. The fourth-order valence-corrected chi connectivity index (χ4v) is 4.03. The highest BCUT2D eigenvalue weighted by Crippen LogP contribution is 2.29. The monoisotopic (exact) mass is 400 g/mol. The molecule has 1 fully saturated rings. The molecule has 0 spiro atoms. The summed E-state index contributed by atoms with van der Waals surface area (Å²) in [7, 11) is 1.92. The minimum atomic E-state index is 0.218. The van der Waals surface area contributed by atoms with Gasteiger partial charge in [-0.1, -0.05) is 30.3 Å². The third-order valence-electron chi connectivity index (χ3n) is 5.53. The number of carbonyl (C=O) groups excluding carboxylic acids is 1. The van der Waals surface area contributed by atoms with Gasteiger partial charge in [0.15, 0.2) is 5.76 Å². The quantitative estimate of drug-likeness (QED) is 0.526. The minimum Gasteiger partial charge on any atom is -0.454 e. The zero-order chi connectivity index (χ0) is 20.5. The highest BCUT2D eigenvalue weighted by Gasteiger charge is 2.21. The van der Waals surface area contributed by atoms with Gasteiger partial charge in [-0.05, 0) is 36.2 Å². The summed E-state index contributed by atoms with van der Waals surface area (Å²) in [6.07, 6.45) is 3.63. The summed E-state index contributed by atoms with van der Waals surface area (Å²) in [6, 6.07) is 18.3. The van der Waals surface area contributed by atoms with Crippen LogP contribution in [0.2, 0.25) is 0 Å². The van der Waals surface area contributed by atoms with Gasteiger partial charge in [-0.15, -0.1) is 0 Å². The molecule has 6 nitrogen and oxygen atoms in total. The van der Waals surface area contributed by atoms with E-state index in [2.05, 4.69) is 22.5 Å². The second-order valence-electron chi connectivity index (χ2n) is 7.74. The van der Waals surface area contributed by atoms with Crippen LogP contribution in [-0.4, -0.2) is 22.2 Å². The van der Waals surface area contributed by atoms with Gasteiger partial charge in [-0.25, -0.2) is 0 Å². The summed E-state index contributed by atoms with van der Waals surface area (Å²) in [5.41, 5.74) is 4.99. The molecule has 0 radical (unpaired) electrons. The van der Waals surface area contributed by atoms with Crippen molar-refractivity contribution in [3.63, 3.8) is 0 Å². The normalized spacial score (nSPS) is 14.2. The van der Waals surface area contributed by atoms with Crippen molar-refractivity contribution >= 4 is 22.6 Å². The number of benzene rings is 2. The van der Waals surface area contributed by atoms with Gasteiger partial charge in [-0.2, -0.15) is 5.10 Å². The summed E-state index contributed by atoms with van der Waals surface area (Å²) < 4.78 is 7.83. The number of para-hydroxylation sites is 1. The number of nitrogens with zero attached hydrogens (tertiary/aromatic N) is 3. The molecular weight excluding hydrogens is 376 g/mol. The Morgan fingerprint density at radius 3 is 2.70 bits per heavy atom. The molecule has 1 saturated heterocycles. The van der Waals surface area contributed by atoms with Gasteiger partial charge in [0.2, 0.25) is 5.91 Å². The maximum absolute atomic E-state index is 11.9. The molecule has 0 bridgehead atoms. The van der Waals surface area contributed by atoms with E-state index in [4.69, 9.17) is 4.42 Å². The lowest BCUT2D eigenvalue weighted by atomic mass is 10.1. The van der Waals surface area contributed by atoms with E-state index in [1.165, 1.54) is 5.56 Å². The summed E-state index contributed by atoms with van der Waals surface area (Å²) in [5, 5.41) is 9.18. The number of hydrogen-bond donors (Lipinski definition) is 1.